The minimum Gasteiger partial charge on any atom is -0.369 e. The summed E-state index contributed by atoms with van der Waals surface area (Å²) in [5.74, 6) is 0.913. The number of thiophene rings is 1. The molecule has 1 saturated heterocycles. The summed E-state index contributed by atoms with van der Waals surface area (Å²) in [5.41, 5.74) is 5.28. The van der Waals surface area contributed by atoms with Crippen LogP contribution in [0.5, 0.6) is 0 Å². The highest BCUT2D eigenvalue weighted by atomic mass is 32.1. The van der Waals surface area contributed by atoms with Gasteiger partial charge in [0.2, 0.25) is 0 Å². The van der Waals surface area contributed by atoms with Gasteiger partial charge in [0, 0.05) is 36.7 Å². The molecule has 5 rings (SSSR count). The van der Waals surface area contributed by atoms with E-state index in [4.69, 9.17) is 0 Å². The Morgan fingerprint density at radius 2 is 1.72 bits per heavy atom. The molecule has 2 aromatic heterocycles. The lowest BCUT2D eigenvalue weighted by molar-refractivity contribution is 0.203. The molecule has 1 aliphatic heterocycles. The van der Waals surface area contributed by atoms with E-state index in [2.05, 4.69) is 99.2 Å². The SMILES string of the molecule is Cc1cccc(N2CCN([C@H](c3cccs3)c3nnnn3Cc3ccccc3)CC2)c1C. The Kier molecular flexibility index (Phi) is 6.01. The van der Waals surface area contributed by atoms with Crippen molar-refractivity contribution in [1.29, 1.82) is 0 Å². The number of benzene rings is 2. The maximum atomic E-state index is 4.50. The van der Waals surface area contributed by atoms with E-state index in [1.807, 2.05) is 10.7 Å². The van der Waals surface area contributed by atoms with Crippen molar-refractivity contribution in [3.8, 4) is 0 Å². The first-order chi connectivity index (χ1) is 15.7. The zero-order valence-corrected chi connectivity index (χ0v) is 19.4. The van der Waals surface area contributed by atoms with Crippen molar-refractivity contribution in [3.05, 3.63) is 93.4 Å². The van der Waals surface area contributed by atoms with Crippen molar-refractivity contribution >= 4 is 17.0 Å². The number of aryl methyl sites for hydroxylation is 1. The van der Waals surface area contributed by atoms with Crippen molar-refractivity contribution in [2.75, 3.05) is 31.1 Å². The summed E-state index contributed by atoms with van der Waals surface area (Å²) in [6, 6.07) is 21.4. The van der Waals surface area contributed by atoms with E-state index in [0.717, 1.165) is 32.0 Å². The molecule has 0 spiro atoms. The molecule has 3 heterocycles. The molecule has 0 unspecified atom stereocenters. The number of anilines is 1. The minimum atomic E-state index is 0.0643. The second-order valence-electron chi connectivity index (χ2n) is 8.34. The van der Waals surface area contributed by atoms with Crippen LogP contribution in [-0.4, -0.2) is 51.3 Å². The molecule has 2 aromatic carbocycles. The summed E-state index contributed by atoms with van der Waals surface area (Å²) in [4.78, 5) is 6.33. The van der Waals surface area contributed by atoms with Crippen LogP contribution < -0.4 is 4.90 Å². The summed E-state index contributed by atoms with van der Waals surface area (Å²) in [6.45, 7) is 9.01. The van der Waals surface area contributed by atoms with Crippen LogP contribution in [0.15, 0.2) is 66.0 Å². The summed E-state index contributed by atoms with van der Waals surface area (Å²) in [5, 5.41) is 15.0. The van der Waals surface area contributed by atoms with Crippen molar-refractivity contribution in [2.45, 2.75) is 26.4 Å². The van der Waals surface area contributed by atoms with Gasteiger partial charge in [-0.15, -0.1) is 16.4 Å². The van der Waals surface area contributed by atoms with Gasteiger partial charge < -0.3 is 4.90 Å². The van der Waals surface area contributed by atoms with E-state index >= 15 is 0 Å². The number of piperazine rings is 1. The van der Waals surface area contributed by atoms with Crippen LogP contribution in [0.3, 0.4) is 0 Å². The van der Waals surface area contributed by atoms with Crippen LogP contribution in [0.1, 0.15) is 33.4 Å². The Morgan fingerprint density at radius 1 is 0.906 bits per heavy atom. The molecule has 0 radical (unpaired) electrons. The maximum Gasteiger partial charge on any atom is 0.174 e. The largest absolute Gasteiger partial charge is 0.369 e. The van der Waals surface area contributed by atoms with Crippen LogP contribution in [0.4, 0.5) is 5.69 Å². The molecule has 0 amide bonds. The molecule has 1 atom stereocenters. The molecule has 0 saturated carbocycles. The van der Waals surface area contributed by atoms with Crippen molar-refractivity contribution in [3.63, 3.8) is 0 Å². The van der Waals surface area contributed by atoms with Gasteiger partial charge in [-0.3, -0.25) is 4.90 Å². The van der Waals surface area contributed by atoms with Gasteiger partial charge in [-0.2, -0.15) is 0 Å². The molecule has 7 heteroatoms. The number of hydrogen-bond acceptors (Lipinski definition) is 6. The van der Waals surface area contributed by atoms with Crippen LogP contribution in [0, 0.1) is 13.8 Å². The Morgan fingerprint density at radius 3 is 2.47 bits per heavy atom. The number of tetrazole rings is 1. The summed E-state index contributed by atoms with van der Waals surface area (Å²) in [7, 11) is 0. The average Bonchev–Trinajstić information content (AvgIpc) is 3.51. The number of hydrogen-bond donors (Lipinski definition) is 0. The Hall–Kier alpha value is -3.03. The summed E-state index contributed by atoms with van der Waals surface area (Å²) in [6.07, 6.45) is 0. The maximum absolute atomic E-state index is 4.50. The normalized spacial score (nSPS) is 15.8. The van der Waals surface area contributed by atoms with Crippen LogP contribution in [0.2, 0.25) is 0 Å². The highest BCUT2D eigenvalue weighted by Gasteiger charge is 2.31. The van der Waals surface area contributed by atoms with Gasteiger partial charge in [0.05, 0.1) is 6.54 Å². The lowest BCUT2D eigenvalue weighted by atomic mass is 10.1. The topological polar surface area (TPSA) is 50.1 Å². The van der Waals surface area contributed by atoms with Gasteiger partial charge in [-0.25, -0.2) is 4.68 Å². The van der Waals surface area contributed by atoms with Crippen LogP contribution >= 0.6 is 11.3 Å². The summed E-state index contributed by atoms with van der Waals surface area (Å²) < 4.78 is 1.96. The number of aromatic nitrogens is 4. The van der Waals surface area contributed by atoms with E-state index in [1.54, 1.807) is 11.3 Å². The molecule has 164 valence electrons. The smallest absolute Gasteiger partial charge is 0.174 e. The van der Waals surface area contributed by atoms with Gasteiger partial charge in [-0.05, 0) is 58.5 Å². The van der Waals surface area contributed by atoms with E-state index in [9.17, 15) is 0 Å². The van der Waals surface area contributed by atoms with E-state index < -0.39 is 0 Å². The molecular weight excluding hydrogens is 416 g/mol. The third kappa shape index (κ3) is 4.18. The number of nitrogens with zero attached hydrogens (tertiary/aromatic N) is 6. The molecule has 32 heavy (non-hydrogen) atoms. The highest BCUT2D eigenvalue weighted by molar-refractivity contribution is 7.10. The van der Waals surface area contributed by atoms with E-state index in [-0.39, 0.29) is 6.04 Å². The molecule has 1 aliphatic rings. The molecule has 0 aliphatic carbocycles. The molecule has 0 bridgehead atoms. The van der Waals surface area contributed by atoms with E-state index in [0.29, 0.717) is 6.54 Å². The Balaban J connectivity index is 1.39. The van der Waals surface area contributed by atoms with Gasteiger partial charge in [-0.1, -0.05) is 48.5 Å². The zero-order chi connectivity index (χ0) is 21.9. The zero-order valence-electron chi connectivity index (χ0n) is 18.6. The van der Waals surface area contributed by atoms with Crippen molar-refractivity contribution in [1.82, 2.24) is 25.1 Å². The summed E-state index contributed by atoms with van der Waals surface area (Å²) >= 11 is 1.78. The lowest BCUT2D eigenvalue weighted by Crippen LogP contribution is -2.48. The first kappa shape index (κ1) is 20.8. The molecule has 0 N–H and O–H groups in total. The first-order valence-electron chi connectivity index (χ1n) is 11.1. The predicted octanol–water partition coefficient (Wildman–Crippen LogP) is 4.31. The molecule has 1 fully saturated rings. The predicted molar refractivity (Wildman–Crippen MR) is 129 cm³/mol. The minimum absolute atomic E-state index is 0.0643. The second kappa shape index (κ2) is 9.22. The van der Waals surface area contributed by atoms with Crippen LogP contribution in [-0.2, 0) is 6.54 Å². The standard InChI is InChI=1S/C25H28N6S/c1-19-8-6-11-22(20(19)2)29-13-15-30(16-14-29)24(23-12-7-17-32-23)25-26-27-28-31(25)18-21-9-4-3-5-10-21/h3-12,17,24H,13-16,18H2,1-2H3/t24-/m1/s1. The van der Waals surface area contributed by atoms with E-state index in [1.165, 1.54) is 27.3 Å². The van der Waals surface area contributed by atoms with Gasteiger partial charge in [0.25, 0.3) is 0 Å². The highest BCUT2D eigenvalue weighted by Crippen LogP contribution is 2.32. The first-order valence-corrected chi connectivity index (χ1v) is 12.0. The van der Waals surface area contributed by atoms with Crippen molar-refractivity contribution < 1.29 is 0 Å². The van der Waals surface area contributed by atoms with Gasteiger partial charge in [0.1, 0.15) is 6.04 Å². The molecule has 6 nitrogen and oxygen atoms in total. The fourth-order valence-corrected chi connectivity index (χ4v) is 5.35. The second-order valence-corrected chi connectivity index (χ2v) is 9.32. The van der Waals surface area contributed by atoms with Crippen molar-refractivity contribution in [2.24, 2.45) is 0 Å². The number of rotatable bonds is 6. The van der Waals surface area contributed by atoms with Crippen LogP contribution in [0.25, 0.3) is 0 Å². The third-order valence-electron chi connectivity index (χ3n) is 6.39. The van der Waals surface area contributed by atoms with Gasteiger partial charge >= 0.3 is 0 Å². The van der Waals surface area contributed by atoms with Gasteiger partial charge in [0.15, 0.2) is 5.82 Å². The average molecular weight is 445 g/mol. The third-order valence-corrected chi connectivity index (χ3v) is 7.31. The molecular formula is C25H28N6S. The fourth-order valence-electron chi connectivity index (χ4n) is 4.49. The lowest BCUT2D eigenvalue weighted by Gasteiger charge is -2.40. The Labute approximate surface area is 193 Å². The molecule has 4 aromatic rings. The Bertz CT molecular complexity index is 1150. The monoisotopic (exact) mass is 444 g/mol. The quantitative estimate of drug-likeness (QED) is 0.444. The fraction of sp³-hybridized carbons (Fsp3) is 0.320.